The van der Waals surface area contributed by atoms with Crippen LogP contribution in [0.5, 0.6) is 10.9 Å². The van der Waals surface area contributed by atoms with Gasteiger partial charge in [-0.15, -0.1) is 0 Å². The summed E-state index contributed by atoms with van der Waals surface area (Å²) in [4.78, 5) is 3.98. The van der Waals surface area contributed by atoms with E-state index in [0.29, 0.717) is 10.3 Å². The third-order valence-corrected chi connectivity index (χ3v) is 3.04. The summed E-state index contributed by atoms with van der Waals surface area (Å²) >= 11 is 10.4. The van der Waals surface area contributed by atoms with Gasteiger partial charge in [0, 0.05) is 9.85 Å². The highest BCUT2D eigenvalue weighted by atomic mass is 79.9. The highest BCUT2D eigenvalue weighted by Crippen LogP contribution is 2.27. The van der Waals surface area contributed by atoms with Crippen molar-refractivity contribution < 1.29 is 4.74 Å². The van der Waals surface area contributed by atoms with Crippen LogP contribution in [0.2, 0.25) is 5.15 Å². The molecule has 0 atom stereocenters. The summed E-state index contributed by atoms with van der Waals surface area (Å²) in [5.74, 6) is 0.749. The molecule has 0 aliphatic carbocycles. The molecule has 1 aromatic carbocycles. The zero-order valence-corrected chi connectivity index (χ0v) is 10.1. The van der Waals surface area contributed by atoms with E-state index in [2.05, 4.69) is 20.9 Å². The highest BCUT2D eigenvalue weighted by Gasteiger charge is 2.01. The van der Waals surface area contributed by atoms with Crippen LogP contribution in [-0.4, -0.2) is 4.98 Å². The molecule has 0 saturated carbocycles. The van der Waals surface area contributed by atoms with Crippen molar-refractivity contribution in [3.63, 3.8) is 0 Å². The first kappa shape index (κ1) is 9.96. The minimum atomic E-state index is 0.460. The standard InChI is InChI=1S/C9H5BrClNOS/c10-6-1-3-7(4-2-6)13-9-12-8(11)5-14-9/h1-5H. The van der Waals surface area contributed by atoms with Gasteiger partial charge in [-0.1, -0.05) is 38.9 Å². The minimum Gasteiger partial charge on any atom is -0.431 e. The third kappa shape index (κ3) is 2.47. The van der Waals surface area contributed by atoms with Crippen LogP contribution in [0.4, 0.5) is 0 Å². The Morgan fingerprint density at radius 2 is 2.00 bits per heavy atom. The smallest absolute Gasteiger partial charge is 0.280 e. The molecule has 0 saturated heterocycles. The molecule has 0 fully saturated rings. The lowest BCUT2D eigenvalue weighted by Gasteiger charge is -2.00. The highest BCUT2D eigenvalue weighted by molar-refractivity contribution is 9.10. The van der Waals surface area contributed by atoms with Crippen LogP contribution in [0, 0.1) is 0 Å². The fraction of sp³-hybridized carbons (Fsp3) is 0. The summed E-state index contributed by atoms with van der Waals surface area (Å²) in [6, 6.07) is 7.54. The second-order valence-corrected chi connectivity index (χ2v) is 4.62. The molecule has 1 aromatic heterocycles. The number of halogens is 2. The van der Waals surface area contributed by atoms with Crippen LogP contribution in [-0.2, 0) is 0 Å². The van der Waals surface area contributed by atoms with Gasteiger partial charge in [0.1, 0.15) is 10.9 Å². The number of thiazole rings is 1. The van der Waals surface area contributed by atoms with E-state index in [9.17, 15) is 0 Å². The van der Waals surface area contributed by atoms with Crippen molar-refractivity contribution in [1.82, 2.24) is 4.98 Å². The molecule has 1 heterocycles. The Morgan fingerprint density at radius 3 is 2.57 bits per heavy atom. The Kier molecular flexibility index (Phi) is 3.05. The summed E-state index contributed by atoms with van der Waals surface area (Å²) in [6.07, 6.45) is 0. The predicted molar refractivity (Wildman–Crippen MR) is 61.3 cm³/mol. The second-order valence-electron chi connectivity index (χ2n) is 2.49. The van der Waals surface area contributed by atoms with Crippen molar-refractivity contribution in [1.29, 1.82) is 0 Å². The molecular weight excluding hydrogens is 286 g/mol. The Balaban J connectivity index is 2.15. The topological polar surface area (TPSA) is 22.1 Å². The van der Waals surface area contributed by atoms with E-state index in [0.717, 1.165) is 10.2 Å². The zero-order chi connectivity index (χ0) is 9.97. The van der Waals surface area contributed by atoms with Gasteiger partial charge in [-0.2, -0.15) is 4.98 Å². The molecule has 0 aliphatic rings. The molecule has 14 heavy (non-hydrogen) atoms. The Bertz CT molecular complexity index is 429. The van der Waals surface area contributed by atoms with E-state index in [1.807, 2.05) is 24.3 Å². The molecule has 0 N–H and O–H groups in total. The van der Waals surface area contributed by atoms with Gasteiger partial charge >= 0.3 is 0 Å². The molecule has 2 rings (SSSR count). The van der Waals surface area contributed by atoms with Crippen LogP contribution >= 0.6 is 38.9 Å². The first-order valence-electron chi connectivity index (χ1n) is 3.78. The summed E-state index contributed by atoms with van der Waals surface area (Å²) in [5, 5.41) is 2.75. The Labute approximate surface area is 98.6 Å². The van der Waals surface area contributed by atoms with Crippen LogP contribution in [0.15, 0.2) is 34.1 Å². The van der Waals surface area contributed by atoms with Gasteiger partial charge in [-0.25, -0.2) is 0 Å². The number of hydrogen-bond donors (Lipinski definition) is 0. The van der Waals surface area contributed by atoms with Crippen molar-refractivity contribution in [2.45, 2.75) is 0 Å². The van der Waals surface area contributed by atoms with Crippen molar-refractivity contribution in [3.05, 3.63) is 39.3 Å². The van der Waals surface area contributed by atoms with Crippen LogP contribution in [0.25, 0.3) is 0 Å². The summed E-state index contributed by atoms with van der Waals surface area (Å²) in [7, 11) is 0. The number of nitrogens with zero attached hydrogens (tertiary/aromatic N) is 1. The van der Waals surface area contributed by atoms with Crippen molar-refractivity contribution in [3.8, 4) is 10.9 Å². The number of ether oxygens (including phenoxy) is 1. The average molecular weight is 291 g/mol. The molecule has 0 aliphatic heterocycles. The molecule has 0 amide bonds. The molecule has 0 radical (unpaired) electrons. The first-order valence-corrected chi connectivity index (χ1v) is 5.83. The van der Waals surface area contributed by atoms with E-state index in [1.165, 1.54) is 11.3 Å². The first-order chi connectivity index (χ1) is 6.74. The molecule has 0 spiro atoms. The number of aromatic nitrogens is 1. The average Bonchev–Trinajstić information content (AvgIpc) is 2.56. The molecule has 5 heteroatoms. The van der Waals surface area contributed by atoms with Crippen LogP contribution in [0.3, 0.4) is 0 Å². The van der Waals surface area contributed by atoms with Gasteiger partial charge in [-0.3, -0.25) is 0 Å². The van der Waals surface area contributed by atoms with Crippen molar-refractivity contribution >= 4 is 38.9 Å². The lowest BCUT2D eigenvalue weighted by atomic mass is 10.3. The predicted octanol–water partition coefficient (Wildman–Crippen LogP) is 4.35. The second kappa shape index (κ2) is 4.29. The van der Waals surface area contributed by atoms with Gasteiger partial charge in [-0.05, 0) is 24.3 Å². The maximum atomic E-state index is 5.66. The maximum absolute atomic E-state index is 5.66. The molecule has 0 bridgehead atoms. The van der Waals surface area contributed by atoms with E-state index in [4.69, 9.17) is 16.3 Å². The normalized spacial score (nSPS) is 10.1. The molecular formula is C9H5BrClNOS. The van der Waals surface area contributed by atoms with Gasteiger partial charge < -0.3 is 4.74 Å². The third-order valence-electron chi connectivity index (χ3n) is 1.47. The minimum absolute atomic E-state index is 0.460. The van der Waals surface area contributed by atoms with E-state index < -0.39 is 0 Å². The zero-order valence-electron chi connectivity index (χ0n) is 6.91. The monoisotopic (exact) mass is 289 g/mol. The fourth-order valence-corrected chi connectivity index (χ4v) is 1.96. The Morgan fingerprint density at radius 1 is 1.29 bits per heavy atom. The van der Waals surface area contributed by atoms with Gasteiger partial charge in [0.05, 0.1) is 0 Å². The number of hydrogen-bond acceptors (Lipinski definition) is 3. The van der Waals surface area contributed by atoms with Gasteiger partial charge in [0.2, 0.25) is 0 Å². The largest absolute Gasteiger partial charge is 0.431 e. The quantitative estimate of drug-likeness (QED) is 0.820. The van der Waals surface area contributed by atoms with E-state index in [1.54, 1.807) is 5.38 Å². The lowest BCUT2D eigenvalue weighted by molar-refractivity contribution is 0.479. The fourth-order valence-electron chi connectivity index (χ4n) is 0.889. The van der Waals surface area contributed by atoms with Crippen molar-refractivity contribution in [2.75, 3.05) is 0 Å². The number of benzene rings is 1. The van der Waals surface area contributed by atoms with Gasteiger partial charge in [0.15, 0.2) is 0 Å². The molecule has 72 valence electrons. The molecule has 2 nitrogen and oxygen atoms in total. The summed E-state index contributed by atoms with van der Waals surface area (Å²) in [6.45, 7) is 0. The summed E-state index contributed by atoms with van der Waals surface area (Å²) in [5.41, 5.74) is 0. The van der Waals surface area contributed by atoms with E-state index in [-0.39, 0.29) is 0 Å². The van der Waals surface area contributed by atoms with E-state index >= 15 is 0 Å². The van der Waals surface area contributed by atoms with Crippen LogP contribution in [0.1, 0.15) is 0 Å². The summed E-state index contributed by atoms with van der Waals surface area (Å²) < 4.78 is 6.47. The maximum Gasteiger partial charge on any atom is 0.280 e. The SMILES string of the molecule is Clc1csc(Oc2ccc(Br)cc2)n1. The van der Waals surface area contributed by atoms with Gasteiger partial charge in [0.25, 0.3) is 5.19 Å². The van der Waals surface area contributed by atoms with Crippen molar-refractivity contribution in [2.24, 2.45) is 0 Å². The van der Waals surface area contributed by atoms with Crippen LogP contribution < -0.4 is 4.74 Å². The molecule has 2 aromatic rings. The number of rotatable bonds is 2. The lowest BCUT2D eigenvalue weighted by Crippen LogP contribution is -1.81. The molecule has 0 unspecified atom stereocenters. The Hall–Kier alpha value is -0.580.